The summed E-state index contributed by atoms with van der Waals surface area (Å²) in [5.74, 6) is -0.613. The highest BCUT2D eigenvalue weighted by atomic mass is 32.2. The summed E-state index contributed by atoms with van der Waals surface area (Å²) in [5.41, 5.74) is 2.13. The first kappa shape index (κ1) is 20.6. The molecule has 0 bridgehead atoms. The van der Waals surface area contributed by atoms with Gasteiger partial charge in [-0.15, -0.1) is 0 Å². The Balaban J connectivity index is 1.70. The molecular weight excluding hydrogens is 385 g/mol. The van der Waals surface area contributed by atoms with Crippen molar-refractivity contribution in [2.24, 2.45) is 4.99 Å². The summed E-state index contributed by atoms with van der Waals surface area (Å²) >= 11 is 1.32. The molecule has 0 radical (unpaired) electrons. The lowest BCUT2D eigenvalue weighted by Gasteiger charge is -2.21. The van der Waals surface area contributed by atoms with Crippen LogP contribution in [0, 0.1) is 5.82 Å². The Morgan fingerprint density at radius 2 is 1.59 bits per heavy atom. The number of benzene rings is 3. The number of anilines is 1. The highest BCUT2D eigenvalue weighted by Crippen LogP contribution is 2.19. The molecule has 29 heavy (non-hydrogen) atoms. The van der Waals surface area contributed by atoms with E-state index in [0.29, 0.717) is 11.7 Å². The Hall–Kier alpha value is -3.12. The molecule has 6 heteroatoms. The quantitative estimate of drug-likeness (QED) is 0.444. The summed E-state index contributed by atoms with van der Waals surface area (Å²) in [5, 5.41) is 3.32. The topological polar surface area (TPSA) is 44.7 Å². The van der Waals surface area contributed by atoms with E-state index in [1.54, 1.807) is 18.2 Å². The number of para-hydroxylation sites is 2. The van der Waals surface area contributed by atoms with E-state index in [2.05, 4.69) is 5.32 Å². The number of aliphatic imine (C=N–C) groups is 1. The lowest BCUT2D eigenvalue weighted by atomic mass is 10.2. The SMILES string of the molecule is CN(Cc1ccccc1)C(=Nc1ccccc1)SCC(=O)Nc1ccccc1F. The summed E-state index contributed by atoms with van der Waals surface area (Å²) in [6.07, 6.45) is 0. The molecule has 0 heterocycles. The molecule has 3 rings (SSSR count). The van der Waals surface area contributed by atoms with Gasteiger partial charge in [0.25, 0.3) is 0 Å². The van der Waals surface area contributed by atoms with Gasteiger partial charge >= 0.3 is 0 Å². The summed E-state index contributed by atoms with van der Waals surface area (Å²) in [7, 11) is 1.94. The van der Waals surface area contributed by atoms with Crippen LogP contribution in [0.4, 0.5) is 15.8 Å². The zero-order valence-electron chi connectivity index (χ0n) is 16.1. The molecule has 1 N–H and O–H groups in total. The number of carbonyl (C=O) groups excluding carboxylic acids is 1. The number of carbonyl (C=O) groups is 1. The van der Waals surface area contributed by atoms with E-state index in [4.69, 9.17) is 4.99 Å². The van der Waals surface area contributed by atoms with E-state index in [-0.39, 0.29) is 17.3 Å². The molecule has 1 amide bonds. The van der Waals surface area contributed by atoms with E-state index in [1.807, 2.05) is 72.6 Å². The van der Waals surface area contributed by atoms with Gasteiger partial charge in [0, 0.05) is 13.6 Å². The maximum atomic E-state index is 13.8. The first-order chi connectivity index (χ1) is 14.1. The summed E-state index contributed by atoms with van der Waals surface area (Å²) in [6, 6.07) is 25.8. The van der Waals surface area contributed by atoms with Gasteiger partial charge in [-0.05, 0) is 29.8 Å². The number of amides is 1. The van der Waals surface area contributed by atoms with Crippen LogP contribution in [0.25, 0.3) is 0 Å². The number of hydrogen-bond donors (Lipinski definition) is 1. The Morgan fingerprint density at radius 3 is 2.28 bits per heavy atom. The second-order valence-electron chi connectivity index (χ2n) is 6.39. The lowest BCUT2D eigenvalue weighted by molar-refractivity contribution is -0.113. The molecule has 0 saturated carbocycles. The van der Waals surface area contributed by atoms with Crippen LogP contribution in [-0.2, 0) is 11.3 Å². The fourth-order valence-corrected chi connectivity index (χ4v) is 3.43. The molecule has 0 atom stereocenters. The molecular formula is C23H22FN3OS. The van der Waals surface area contributed by atoms with Crippen molar-refractivity contribution in [3.8, 4) is 0 Å². The van der Waals surface area contributed by atoms with Crippen LogP contribution in [0.1, 0.15) is 5.56 Å². The normalized spacial score (nSPS) is 11.2. The Kier molecular flexibility index (Phi) is 7.41. The van der Waals surface area contributed by atoms with Crippen molar-refractivity contribution >= 4 is 34.2 Å². The number of rotatable bonds is 6. The van der Waals surface area contributed by atoms with Gasteiger partial charge in [0.1, 0.15) is 5.82 Å². The molecule has 4 nitrogen and oxygen atoms in total. The van der Waals surface area contributed by atoms with Crippen LogP contribution >= 0.6 is 11.8 Å². The Morgan fingerprint density at radius 1 is 0.966 bits per heavy atom. The molecule has 3 aromatic carbocycles. The highest BCUT2D eigenvalue weighted by molar-refractivity contribution is 8.14. The van der Waals surface area contributed by atoms with Gasteiger partial charge in [-0.25, -0.2) is 9.38 Å². The van der Waals surface area contributed by atoms with Crippen molar-refractivity contribution in [2.75, 3.05) is 18.1 Å². The van der Waals surface area contributed by atoms with E-state index in [1.165, 1.54) is 17.8 Å². The van der Waals surface area contributed by atoms with Crippen LogP contribution in [0.5, 0.6) is 0 Å². The summed E-state index contributed by atoms with van der Waals surface area (Å²) in [6.45, 7) is 0.661. The van der Waals surface area contributed by atoms with Crippen LogP contribution in [0.2, 0.25) is 0 Å². The zero-order chi connectivity index (χ0) is 20.5. The molecule has 0 spiro atoms. The van der Waals surface area contributed by atoms with Gasteiger partial charge in [-0.1, -0.05) is 72.4 Å². The number of nitrogens with one attached hydrogen (secondary N) is 1. The maximum Gasteiger partial charge on any atom is 0.234 e. The van der Waals surface area contributed by atoms with Crippen molar-refractivity contribution in [1.82, 2.24) is 4.90 Å². The second kappa shape index (κ2) is 10.4. The molecule has 0 unspecified atom stereocenters. The largest absolute Gasteiger partial charge is 0.350 e. The van der Waals surface area contributed by atoms with Gasteiger partial charge in [0.2, 0.25) is 5.91 Å². The number of hydrogen-bond acceptors (Lipinski definition) is 3. The third-order valence-corrected chi connectivity index (χ3v) is 5.12. The smallest absolute Gasteiger partial charge is 0.234 e. The summed E-state index contributed by atoms with van der Waals surface area (Å²) < 4.78 is 13.8. The Bertz CT molecular complexity index is 964. The van der Waals surface area contributed by atoms with Crippen LogP contribution in [0.15, 0.2) is 89.9 Å². The standard InChI is InChI=1S/C23H22FN3OS/c1-27(16-18-10-4-2-5-11-18)23(25-19-12-6-3-7-13-19)29-17-22(28)26-21-15-9-8-14-20(21)24/h2-15H,16-17H2,1H3,(H,26,28). The lowest BCUT2D eigenvalue weighted by Crippen LogP contribution is -2.26. The molecule has 0 aromatic heterocycles. The third kappa shape index (κ3) is 6.47. The minimum Gasteiger partial charge on any atom is -0.350 e. The van der Waals surface area contributed by atoms with Crippen molar-refractivity contribution in [3.05, 3.63) is 96.3 Å². The number of thioether (sulfide) groups is 1. The van der Waals surface area contributed by atoms with Crippen LogP contribution in [-0.4, -0.2) is 28.8 Å². The van der Waals surface area contributed by atoms with Crippen molar-refractivity contribution < 1.29 is 9.18 Å². The predicted octanol–water partition coefficient (Wildman–Crippen LogP) is 5.32. The van der Waals surface area contributed by atoms with E-state index in [0.717, 1.165) is 11.3 Å². The first-order valence-corrected chi connectivity index (χ1v) is 10.2. The first-order valence-electron chi connectivity index (χ1n) is 9.18. The van der Waals surface area contributed by atoms with Crippen molar-refractivity contribution in [1.29, 1.82) is 0 Å². The molecule has 0 aliphatic heterocycles. The van der Waals surface area contributed by atoms with Crippen LogP contribution < -0.4 is 5.32 Å². The molecule has 0 aliphatic carbocycles. The molecule has 3 aromatic rings. The average Bonchev–Trinajstić information content (AvgIpc) is 2.74. The zero-order valence-corrected chi connectivity index (χ0v) is 16.9. The van der Waals surface area contributed by atoms with Crippen LogP contribution in [0.3, 0.4) is 0 Å². The minimum absolute atomic E-state index is 0.124. The highest BCUT2D eigenvalue weighted by Gasteiger charge is 2.13. The van der Waals surface area contributed by atoms with Gasteiger partial charge in [0.05, 0.1) is 17.1 Å². The molecule has 148 valence electrons. The third-order valence-electron chi connectivity index (χ3n) is 4.05. The fourth-order valence-electron chi connectivity index (χ4n) is 2.64. The van der Waals surface area contributed by atoms with E-state index >= 15 is 0 Å². The molecule has 0 saturated heterocycles. The number of nitrogens with zero attached hydrogens (tertiary/aromatic N) is 2. The van der Waals surface area contributed by atoms with Crippen molar-refractivity contribution in [2.45, 2.75) is 6.54 Å². The maximum absolute atomic E-state index is 13.8. The van der Waals surface area contributed by atoms with Gasteiger partial charge in [-0.2, -0.15) is 0 Å². The fraction of sp³-hybridized carbons (Fsp3) is 0.130. The number of amidine groups is 1. The van der Waals surface area contributed by atoms with Gasteiger partial charge in [0.15, 0.2) is 5.17 Å². The number of halogens is 1. The summed E-state index contributed by atoms with van der Waals surface area (Å²) in [4.78, 5) is 19.0. The molecule has 0 aliphatic rings. The molecule has 0 fully saturated rings. The monoisotopic (exact) mass is 407 g/mol. The van der Waals surface area contributed by atoms with Gasteiger partial charge < -0.3 is 10.2 Å². The van der Waals surface area contributed by atoms with Crippen molar-refractivity contribution in [3.63, 3.8) is 0 Å². The minimum atomic E-state index is -0.453. The average molecular weight is 408 g/mol. The Labute approximate surface area is 174 Å². The second-order valence-corrected chi connectivity index (χ2v) is 7.33. The van der Waals surface area contributed by atoms with Gasteiger partial charge in [-0.3, -0.25) is 4.79 Å². The predicted molar refractivity (Wildman–Crippen MR) is 119 cm³/mol. The van der Waals surface area contributed by atoms with E-state index < -0.39 is 5.82 Å². The van der Waals surface area contributed by atoms with E-state index in [9.17, 15) is 9.18 Å².